The van der Waals surface area contributed by atoms with E-state index in [0.29, 0.717) is 19.6 Å². The number of hydrogen-bond donors (Lipinski definition) is 0. The van der Waals surface area contributed by atoms with E-state index in [9.17, 15) is 4.79 Å². The average Bonchev–Trinajstić information content (AvgIpc) is 2.77. The smallest absolute Gasteiger partial charge is 0.222 e. The summed E-state index contributed by atoms with van der Waals surface area (Å²) in [5.41, 5.74) is 0.0211. The van der Waals surface area contributed by atoms with Gasteiger partial charge in [0.2, 0.25) is 5.91 Å². The van der Waals surface area contributed by atoms with Crippen LogP contribution >= 0.6 is 0 Å². The van der Waals surface area contributed by atoms with Crippen molar-refractivity contribution in [2.75, 3.05) is 58.4 Å². The van der Waals surface area contributed by atoms with Crippen LogP contribution in [0.3, 0.4) is 0 Å². The van der Waals surface area contributed by atoms with Crippen LogP contribution in [-0.2, 0) is 9.53 Å². The first-order chi connectivity index (χ1) is 11.6. The van der Waals surface area contributed by atoms with Crippen LogP contribution in [0.2, 0.25) is 0 Å². The molecule has 132 valence electrons. The molecule has 3 rings (SSSR count). The molecule has 0 aromatic carbocycles. The summed E-state index contributed by atoms with van der Waals surface area (Å²) in [5, 5.41) is 0. The molecule has 0 aliphatic carbocycles. The minimum atomic E-state index is 0.0211. The molecule has 0 N–H and O–H groups in total. The van der Waals surface area contributed by atoms with Gasteiger partial charge in [0.15, 0.2) is 0 Å². The molecule has 7 nitrogen and oxygen atoms in total. The van der Waals surface area contributed by atoms with E-state index >= 15 is 0 Å². The van der Waals surface area contributed by atoms with Crippen molar-refractivity contribution < 1.29 is 9.53 Å². The predicted octanol–water partition coefficient (Wildman–Crippen LogP) is 0.626. The molecule has 0 unspecified atom stereocenters. The summed E-state index contributed by atoms with van der Waals surface area (Å²) >= 11 is 0. The summed E-state index contributed by atoms with van der Waals surface area (Å²) in [6, 6.07) is 0. The van der Waals surface area contributed by atoms with E-state index in [-0.39, 0.29) is 11.4 Å². The van der Waals surface area contributed by atoms with E-state index in [0.717, 1.165) is 44.8 Å². The normalized spacial score (nSPS) is 26.0. The number of piperazine rings is 1. The van der Waals surface area contributed by atoms with Gasteiger partial charge in [0.05, 0.1) is 12.8 Å². The highest BCUT2D eigenvalue weighted by atomic mass is 16.5. The number of ether oxygens (including phenoxy) is 1. The molecule has 0 bridgehead atoms. The summed E-state index contributed by atoms with van der Waals surface area (Å²) in [7, 11) is 3.86. The first-order valence-electron chi connectivity index (χ1n) is 8.63. The molecule has 1 aromatic rings. The summed E-state index contributed by atoms with van der Waals surface area (Å²) < 4.78 is 5.14. The van der Waals surface area contributed by atoms with Gasteiger partial charge in [0.1, 0.15) is 5.82 Å². The number of methoxy groups -OCH3 is 1. The number of likely N-dealkylation sites (tertiary alicyclic amines) is 1. The Hall–Kier alpha value is -1.73. The zero-order valence-electron chi connectivity index (χ0n) is 14.6. The summed E-state index contributed by atoms with van der Waals surface area (Å²) in [6.45, 7) is 4.89. The van der Waals surface area contributed by atoms with Crippen molar-refractivity contribution in [1.82, 2.24) is 19.8 Å². The number of carbonyl (C=O) groups is 1. The van der Waals surface area contributed by atoms with Crippen molar-refractivity contribution in [2.24, 2.45) is 0 Å². The van der Waals surface area contributed by atoms with Crippen molar-refractivity contribution >= 4 is 11.7 Å². The lowest BCUT2D eigenvalue weighted by Gasteiger charge is -2.49. The van der Waals surface area contributed by atoms with Crippen LogP contribution in [0.5, 0.6) is 0 Å². The number of nitrogens with zero attached hydrogens (tertiary/aromatic N) is 5. The largest absolute Gasteiger partial charge is 0.383 e. The molecule has 0 saturated carbocycles. The number of anilines is 1. The number of hydrogen-bond acceptors (Lipinski definition) is 6. The molecule has 1 atom stereocenters. The Balaban J connectivity index is 1.74. The Morgan fingerprint density at radius 3 is 2.88 bits per heavy atom. The van der Waals surface area contributed by atoms with E-state index < -0.39 is 0 Å². The molecule has 0 radical (unpaired) electrons. The highest BCUT2D eigenvalue weighted by Gasteiger charge is 2.42. The Kier molecular flexibility index (Phi) is 5.30. The van der Waals surface area contributed by atoms with Gasteiger partial charge < -0.3 is 14.5 Å². The minimum absolute atomic E-state index is 0.0211. The van der Waals surface area contributed by atoms with Gasteiger partial charge in [-0.05, 0) is 19.9 Å². The fourth-order valence-corrected chi connectivity index (χ4v) is 3.78. The van der Waals surface area contributed by atoms with Gasteiger partial charge in [-0.15, -0.1) is 0 Å². The second-order valence-corrected chi connectivity index (χ2v) is 6.75. The molecule has 2 fully saturated rings. The third-order valence-corrected chi connectivity index (χ3v) is 5.44. The number of carbonyl (C=O) groups excluding carboxylic acids is 1. The van der Waals surface area contributed by atoms with Gasteiger partial charge in [-0.3, -0.25) is 14.7 Å². The lowest BCUT2D eigenvalue weighted by Crippen LogP contribution is -2.61. The van der Waals surface area contributed by atoms with Gasteiger partial charge in [-0.1, -0.05) is 0 Å². The fraction of sp³-hybridized carbons (Fsp3) is 0.706. The number of rotatable bonds is 4. The van der Waals surface area contributed by atoms with Crippen LogP contribution in [0.15, 0.2) is 18.6 Å². The van der Waals surface area contributed by atoms with Crippen LogP contribution in [0, 0.1) is 0 Å². The SMILES string of the molecule is COCCN1CC[C@]2(CCC1=O)CN(c1cnccn1)CCN2C. The van der Waals surface area contributed by atoms with E-state index in [1.54, 1.807) is 19.5 Å². The van der Waals surface area contributed by atoms with Crippen LogP contribution < -0.4 is 4.90 Å². The van der Waals surface area contributed by atoms with Crippen molar-refractivity contribution in [3.63, 3.8) is 0 Å². The number of likely N-dealkylation sites (N-methyl/N-ethyl adjacent to an activating group) is 1. The van der Waals surface area contributed by atoms with Gasteiger partial charge in [-0.2, -0.15) is 0 Å². The van der Waals surface area contributed by atoms with E-state index in [4.69, 9.17) is 4.74 Å². The third kappa shape index (κ3) is 3.52. The fourth-order valence-electron chi connectivity index (χ4n) is 3.78. The van der Waals surface area contributed by atoms with Gasteiger partial charge in [0, 0.05) is 64.2 Å². The zero-order chi connectivity index (χ0) is 17.0. The van der Waals surface area contributed by atoms with Crippen molar-refractivity contribution in [3.8, 4) is 0 Å². The molecule has 24 heavy (non-hydrogen) atoms. The van der Waals surface area contributed by atoms with Crippen molar-refractivity contribution in [2.45, 2.75) is 24.8 Å². The number of aromatic nitrogens is 2. The van der Waals surface area contributed by atoms with Crippen LogP contribution in [-0.4, -0.2) is 84.7 Å². The minimum Gasteiger partial charge on any atom is -0.383 e. The van der Waals surface area contributed by atoms with E-state index in [1.807, 2.05) is 11.1 Å². The molecule has 3 heterocycles. The molecule has 2 aliphatic rings. The topological polar surface area (TPSA) is 61.8 Å². The summed E-state index contributed by atoms with van der Waals surface area (Å²) in [4.78, 5) is 27.8. The zero-order valence-corrected chi connectivity index (χ0v) is 14.6. The third-order valence-electron chi connectivity index (χ3n) is 5.44. The maximum absolute atomic E-state index is 12.4. The van der Waals surface area contributed by atoms with Crippen LogP contribution in [0.1, 0.15) is 19.3 Å². The molecule has 7 heteroatoms. The Bertz CT molecular complexity index is 555. The first-order valence-corrected chi connectivity index (χ1v) is 8.63. The standard InChI is InChI=1S/C17H27N5O2/c1-20-9-10-22(15-13-18-6-7-19-15)14-17(20)4-3-16(23)21(8-5-17)11-12-24-2/h6-7,13H,3-5,8-12,14H2,1-2H3/t17-/m1/s1. The molecular weight excluding hydrogens is 306 g/mol. The second-order valence-electron chi connectivity index (χ2n) is 6.75. The van der Waals surface area contributed by atoms with Gasteiger partial charge in [-0.25, -0.2) is 4.98 Å². The van der Waals surface area contributed by atoms with Crippen LogP contribution in [0.25, 0.3) is 0 Å². The molecular formula is C17H27N5O2. The Morgan fingerprint density at radius 2 is 2.12 bits per heavy atom. The van der Waals surface area contributed by atoms with Gasteiger partial charge >= 0.3 is 0 Å². The molecule has 2 saturated heterocycles. The number of amides is 1. The highest BCUT2D eigenvalue weighted by molar-refractivity contribution is 5.76. The maximum atomic E-state index is 12.4. The first kappa shape index (κ1) is 17.1. The highest BCUT2D eigenvalue weighted by Crippen LogP contribution is 2.33. The van der Waals surface area contributed by atoms with Crippen molar-refractivity contribution in [1.29, 1.82) is 0 Å². The maximum Gasteiger partial charge on any atom is 0.222 e. The van der Waals surface area contributed by atoms with Gasteiger partial charge in [0.25, 0.3) is 0 Å². The Morgan fingerprint density at radius 1 is 1.25 bits per heavy atom. The summed E-state index contributed by atoms with van der Waals surface area (Å²) in [6.07, 6.45) is 7.74. The predicted molar refractivity (Wildman–Crippen MR) is 91.9 cm³/mol. The van der Waals surface area contributed by atoms with Crippen LogP contribution in [0.4, 0.5) is 5.82 Å². The lowest BCUT2D eigenvalue weighted by atomic mass is 9.86. The quantitative estimate of drug-likeness (QED) is 0.805. The molecule has 1 aromatic heterocycles. The Labute approximate surface area is 143 Å². The molecule has 1 spiro atoms. The molecule has 2 aliphatic heterocycles. The average molecular weight is 333 g/mol. The summed E-state index contributed by atoms with van der Waals surface area (Å²) in [5.74, 6) is 1.17. The lowest BCUT2D eigenvalue weighted by molar-refractivity contribution is -0.131. The monoisotopic (exact) mass is 333 g/mol. The van der Waals surface area contributed by atoms with E-state index in [1.165, 1.54) is 0 Å². The van der Waals surface area contributed by atoms with E-state index in [2.05, 4.69) is 26.8 Å². The second kappa shape index (κ2) is 7.44. The molecule has 1 amide bonds. The van der Waals surface area contributed by atoms with Crippen molar-refractivity contribution in [3.05, 3.63) is 18.6 Å².